The minimum absolute atomic E-state index is 0.00570. The van der Waals surface area contributed by atoms with Gasteiger partial charge in [-0.15, -0.1) is 0 Å². The number of methoxy groups -OCH3 is 2. The van der Waals surface area contributed by atoms with Gasteiger partial charge in [0.1, 0.15) is 5.75 Å². The number of anilines is 1. The molecule has 0 amide bonds. The minimum Gasteiger partial charge on any atom is -0.495 e. The van der Waals surface area contributed by atoms with Crippen LogP contribution in [0.5, 0.6) is 11.6 Å². The molecule has 0 aliphatic heterocycles. The van der Waals surface area contributed by atoms with Gasteiger partial charge in [-0.3, -0.25) is 10.1 Å². The van der Waals surface area contributed by atoms with Crippen molar-refractivity contribution in [3.63, 3.8) is 0 Å². The minimum atomic E-state index is -0.445. The molecule has 21 heavy (non-hydrogen) atoms. The Morgan fingerprint density at radius 1 is 1.24 bits per heavy atom. The molecule has 0 atom stereocenters. The first-order valence-corrected chi connectivity index (χ1v) is 6.19. The van der Waals surface area contributed by atoms with Crippen LogP contribution in [-0.4, -0.2) is 24.1 Å². The summed E-state index contributed by atoms with van der Waals surface area (Å²) in [5.74, 6) is 1.08. The van der Waals surface area contributed by atoms with Crippen LogP contribution < -0.4 is 14.8 Å². The number of aromatic nitrogens is 1. The summed E-state index contributed by atoms with van der Waals surface area (Å²) in [6, 6.07) is 8.02. The highest BCUT2D eigenvalue weighted by Gasteiger charge is 2.11. The summed E-state index contributed by atoms with van der Waals surface area (Å²) in [5, 5.41) is 13.9. The number of non-ortho nitro benzene ring substituents is 1. The molecule has 1 aromatic carbocycles. The normalized spacial score (nSPS) is 10.0. The number of ether oxygens (including phenoxy) is 2. The van der Waals surface area contributed by atoms with Crippen molar-refractivity contribution in [1.82, 2.24) is 4.98 Å². The van der Waals surface area contributed by atoms with Gasteiger partial charge in [0, 0.05) is 30.9 Å². The lowest BCUT2D eigenvalue weighted by Crippen LogP contribution is -2.03. The number of nitrogens with one attached hydrogen (secondary N) is 1. The van der Waals surface area contributed by atoms with Crippen molar-refractivity contribution in [2.45, 2.75) is 6.54 Å². The van der Waals surface area contributed by atoms with Gasteiger partial charge in [-0.25, -0.2) is 4.98 Å². The Bertz CT molecular complexity index is 629. The number of nitro benzene ring substituents is 1. The van der Waals surface area contributed by atoms with Gasteiger partial charge in [-0.05, 0) is 11.6 Å². The molecule has 110 valence electrons. The van der Waals surface area contributed by atoms with Crippen LogP contribution in [0.4, 0.5) is 11.4 Å². The monoisotopic (exact) mass is 289 g/mol. The molecule has 0 bridgehead atoms. The van der Waals surface area contributed by atoms with Crippen LogP contribution in [0.25, 0.3) is 0 Å². The summed E-state index contributed by atoms with van der Waals surface area (Å²) in [4.78, 5) is 14.5. The van der Waals surface area contributed by atoms with Crippen LogP contribution >= 0.6 is 0 Å². The van der Waals surface area contributed by atoms with E-state index in [0.717, 1.165) is 5.56 Å². The average Bonchev–Trinajstić information content (AvgIpc) is 2.53. The van der Waals surface area contributed by atoms with Crippen LogP contribution in [0.1, 0.15) is 5.56 Å². The molecule has 7 heteroatoms. The number of benzene rings is 1. The molecule has 1 N–H and O–H groups in total. The maximum Gasteiger partial charge on any atom is 0.271 e. The fourth-order valence-electron chi connectivity index (χ4n) is 1.78. The van der Waals surface area contributed by atoms with E-state index in [0.29, 0.717) is 23.9 Å². The molecule has 1 aromatic heterocycles. The summed E-state index contributed by atoms with van der Waals surface area (Å²) in [7, 11) is 3.06. The Balaban J connectivity index is 2.13. The number of nitro groups is 1. The molecule has 0 radical (unpaired) electrons. The Kier molecular flexibility index (Phi) is 4.55. The highest BCUT2D eigenvalue weighted by Crippen LogP contribution is 2.29. The van der Waals surface area contributed by atoms with Gasteiger partial charge in [0.15, 0.2) is 0 Å². The second-order valence-electron chi connectivity index (χ2n) is 4.20. The molecular formula is C14H15N3O4. The van der Waals surface area contributed by atoms with Gasteiger partial charge in [-0.2, -0.15) is 0 Å². The second kappa shape index (κ2) is 6.56. The zero-order valence-electron chi connectivity index (χ0n) is 11.7. The predicted molar refractivity (Wildman–Crippen MR) is 77.8 cm³/mol. The fourth-order valence-corrected chi connectivity index (χ4v) is 1.78. The van der Waals surface area contributed by atoms with E-state index in [-0.39, 0.29) is 5.69 Å². The number of pyridine rings is 1. The summed E-state index contributed by atoms with van der Waals surface area (Å²) in [6.45, 7) is 0.467. The molecule has 0 spiro atoms. The molecule has 0 saturated carbocycles. The van der Waals surface area contributed by atoms with E-state index in [2.05, 4.69) is 10.3 Å². The Morgan fingerprint density at radius 3 is 2.62 bits per heavy atom. The van der Waals surface area contributed by atoms with Gasteiger partial charge < -0.3 is 14.8 Å². The molecule has 0 aliphatic carbocycles. The van der Waals surface area contributed by atoms with Crippen molar-refractivity contribution in [3.05, 3.63) is 52.2 Å². The first-order chi connectivity index (χ1) is 10.1. The summed E-state index contributed by atoms with van der Waals surface area (Å²) >= 11 is 0. The van der Waals surface area contributed by atoms with Crippen molar-refractivity contribution >= 4 is 11.4 Å². The third kappa shape index (κ3) is 3.59. The smallest absolute Gasteiger partial charge is 0.271 e. The number of rotatable bonds is 6. The lowest BCUT2D eigenvalue weighted by Gasteiger charge is -2.11. The molecule has 0 unspecified atom stereocenters. The number of hydrogen-bond acceptors (Lipinski definition) is 6. The third-order valence-corrected chi connectivity index (χ3v) is 2.88. The van der Waals surface area contributed by atoms with E-state index in [4.69, 9.17) is 9.47 Å². The Morgan fingerprint density at radius 2 is 2.05 bits per heavy atom. The van der Waals surface area contributed by atoms with Gasteiger partial charge in [-0.1, -0.05) is 6.07 Å². The SMILES string of the molecule is COc1ccc(CNc2cc([N+](=O)[O-])ccc2OC)cn1. The average molecular weight is 289 g/mol. The highest BCUT2D eigenvalue weighted by atomic mass is 16.6. The quantitative estimate of drug-likeness (QED) is 0.649. The summed E-state index contributed by atoms with van der Waals surface area (Å²) < 4.78 is 10.2. The largest absolute Gasteiger partial charge is 0.495 e. The molecule has 0 saturated heterocycles. The first kappa shape index (κ1) is 14.6. The van der Waals surface area contributed by atoms with Crippen LogP contribution in [0, 0.1) is 10.1 Å². The van der Waals surface area contributed by atoms with Gasteiger partial charge in [0.25, 0.3) is 5.69 Å². The van der Waals surface area contributed by atoms with E-state index in [1.54, 1.807) is 25.4 Å². The molecule has 2 rings (SSSR count). The van der Waals surface area contributed by atoms with Crippen LogP contribution in [-0.2, 0) is 6.54 Å². The maximum atomic E-state index is 10.8. The van der Waals surface area contributed by atoms with Crippen molar-refractivity contribution in [1.29, 1.82) is 0 Å². The molecule has 1 heterocycles. The summed E-state index contributed by atoms with van der Waals surface area (Å²) in [6.07, 6.45) is 1.68. The molecular weight excluding hydrogens is 274 g/mol. The van der Waals surface area contributed by atoms with E-state index >= 15 is 0 Å². The predicted octanol–water partition coefficient (Wildman–Crippen LogP) is 2.62. The van der Waals surface area contributed by atoms with Crippen molar-refractivity contribution in [3.8, 4) is 11.6 Å². The molecule has 0 fully saturated rings. The fraction of sp³-hybridized carbons (Fsp3) is 0.214. The van der Waals surface area contributed by atoms with E-state index in [1.165, 1.54) is 19.2 Å². The van der Waals surface area contributed by atoms with Crippen molar-refractivity contribution in [2.24, 2.45) is 0 Å². The third-order valence-electron chi connectivity index (χ3n) is 2.88. The summed E-state index contributed by atoms with van der Waals surface area (Å²) in [5.41, 5.74) is 1.48. The second-order valence-corrected chi connectivity index (χ2v) is 4.20. The molecule has 0 aliphatic rings. The van der Waals surface area contributed by atoms with Gasteiger partial charge in [0.2, 0.25) is 5.88 Å². The van der Waals surface area contributed by atoms with Crippen LogP contribution in [0.2, 0.25) is 0 Å². The first-order valence-electron chi connectivity index (χ1n) is 6.19. The standard InChI is InChI=1S/C14H15N3O4/c1-20-13-5-4-11(17(18)19)7-12(13)15-8-10-3-6-14(21-2)16-9-10/h3-7,9,15H,8H2,1-2H3. The van der Waals surface area contributed by atoms with E-state index < -0.39 is 4.92 Å². The molecule has 7 nitrogen and oxygen atoms in total. The van der Waals surface area contributed by atoms with E-state index in [9.17, 15) is 10.1 Å². The lowest BCUT2D eigenvalue weighted by molar-refractivity contribution is -0.384. The van der Waals surface area contributed by atoms with Crippen molar-refractivity contribution in [2.75, 3.05) is 19.5 Å². The Labute approximate surface area is 121 Å². The maximum absolute atomic E-state index is 10.8. The highest BCUT2D eigenvalue weighted by molar-refractivity contribution is 5.61. The van der Waals surface area contributed by atoms with Gasteiger partial charge >= 0.3 is 0 Å². The Hall–Kier alpha value is -2.83. The van der Waals surface area contributed by atoms with Crippen molar-refractivity contribution < 1.29 is 14.4 Å². The lowest BCUT2D eigenvalue weighted by atomic mass is 10.2. The number of hydrogen-bond donors (Lipinski definition) is 1. The molecule has 2 aromatic rings. The zero-order valence-corrected chi connectivity index (χ0v) is 11.7. The van der Waals surface area contributed by atoms with Crippen LogP contribution in [0.15, 0.2) is 36.5 Å². The van der Waals surface area contributed by atoms with E-state index in [1.807, 2.05) is 6.07 Å². The number of nitrogens with zero attached hydrogens (tertiary/aromatic N) is 2. The zero-order chi connectivity index (χ0) is 15.2. The topological polar surface area (TPSA) is 86.5 Å². The van der Waals surface area contributed by atoms with Crippen LogP contribution in [0.3, 0.4) is 0 Å². The van der Waals surface area contributed by atoms with Gasteiger partial charge in [0.05, 0.1) is 24.8 Å².